The number of hydrogen-bond acceptors (Lipinski definition) is 4. The highest BCUT2D eigenvalue weighted by atomic mass is 16.5. The Hall–Kier alpha value is -1.89. The van der Waals surface area contributed by atoms with Crippen molar-refractivity contribution in [1.29, 1.82) is 5.26 Å². The maximum Gasteiger partial charge on any atom is 0.122 e. The highest BCUT2D eigenvalue weighted by molar-refractivity contribution is 5.60. The molecule has 0 radical (unpaired) electrons. The van der Waals surface area contributed by atoms with E-state index in [-0.39, 0.29) is 0 Å². The number of nitrogen functional groups attached to an aromatic ring is 1. The van der Waals surface area contributed by atoms with Crippen LogP contribution < -0.4 is 15.4 Å². The molecule has 0 saturated carbocycles. The fourth-order valence-corrected chi connectivity index (χ4v) is 1.56. The number of anilines is 2. The third-order valence-corrected chi connectivity index (χ3v) is 2.39. The molecule has 16 heavy (non-hydrogen) atoms. The Kier molecular flexibility index (Phi) is 4.46. The van der Waals surface area contributed by atoms with Crippen molar-refractivity contribution >= 4 is 11.4 Å². The number of ether oxygens (including phenoxy) is 1. The van der Waals surface area contributed by atoms with Crippen molar-refractivity contribution in [3.05, 3.63) is 18.2 Å². The van der Waals surface area contributed by atoms with Gasteiger partial charge in [-0.05, 0) is 13.0 Å². The average Bonchev–Trinajstić information content (AvgIpc) is 2.29. The second-order valence-electron chi connectivity index (χ2n) is 3.45. The normalized spacial score (nSPS) is 9.56. The summed E-state index contributed by atoms with van der Waals surface area (Å²) in [5, 5.41) is 8.59. The zero-order chi connectivity index (χ0) is 12.0. The lowest BCUT2D eigenvalue weighted by atomic mass is 10.2. The standard InChI is InChI=1S/C12H17N3O/c1-3-15(6-4-5-13)11-7-10(14)8-12(9-11)16-2/h7-9H,3-4,6,14H2,1-2H3. The van der Waals surface area contributed by atoms with Gasteiger partial charge in [0, 0.05) is 36.6 Å². The first-order chi connectivity index (χ1) is 7.71. The number of rotatable bonds is 5. The van der Waals surface area contributed by atoms with Gasteiger partial charge in [-0.3, -0.25) is 0 Å². The highest BCUT2D eigenvalue weighted by Gasteiger charge is 2.06. The van der Waals surface area contributed by atoms with Gasteiger partial charge in [0.2, 0.25) is 0 Å². The lowest BCUT2D eigenvalue weighted by Crippen LogP contribution is -2.23. The lowest BCUT2D eigenvalue weighted by Gasteiger charge is -2.22. The molecular weight excluding hydrogens is 202 g/mol. The molecule has 0 saturated heterocycles. The molecule has 4 nitrogen and oxygen atoms in total. The first-order valence-corrected chi connectivity index (χ1v) is 5.27. The van der Waals surface area contributed by atoms with Crippen LogP contribution in [0, 0.1) is 11.3 Å². The predicted molar refractivity (Wildman–Crippen MR) is 65.5 cm³/mol. The third-order valence-electron chi connectivity index (χ3n) is 2.39. The van der Waals surface area contributed by atoms with Gasteiger partial charge in [-0.15, -0.1) is 0 Å². The van der Waals surface area contributed by atoms with Crippen molar-refractivity contribution in [1.82, 2.24) is 0 Å². The number of nitriles is 1. The van der Waals surface area contributed by atoms with Crippen molar-refractivity contribution in [3.8, 4) is 11.8 Å². The second-order valence-corrected chi connectivity index (χ2v) is 3.45. The fraction of sp³-hybridized carbons (Fsp3) is 0.417. The van der Waals surface area contributed by atoms with Gasteiger partial charge in [-0.25, -0.2) is 0 Å². The number of nitrogens with two attached hydrogens (primary N) is 1. The van der Waals surface area contributed by atoms with Crippen LogP contribution in [0.25, 0.3) is 0 Å². The second kappa shape index (κ2) is 5.86. The number of hydrogen-bond donors (Lipinski definition) is 1. The summed E-state index contributed by atoms with van der Waals surface area (Å²) in [5.74, 6) is 0.741. The van der Waals surface area contributed by atoms with E-state index >= 15 is 0 Å². The Morgan fingerprint density at radius 2 is 2.19 bits per heavy atom. The molecule has 0 amide bonds. The van der Waals surface area contributed by atoms with Crippen LogP contribution in [0.15, 0.2) is 18.2 Å². The molecular formula is C12H17N3O. The van der Waals surface area contributed by atoms with Gasteiger partial charge >= 0.3 is 0 Å². The maximum absolute atomic E-state index is 8.59. The van der Waals surface area contributed by atoms with Crippen molar-refractivity contribution in [2.24, 2.45) is 0 Å². The van der Waals surface area contributed by atoms with Crippen LogP contribution in [-0.2, 0) is 0 Å². The van der Waals surface area contributed by atoms with Crippen LogP contribution >= 0.6 is 0 Å². The Bertz CT molecular complexity index is 384. The molecule has 86 valence electrons. The molecule has 1 rings (SSSR count). The number of nitrogens with zero attached hydrogens (tertiary/aromatic N) is 2. The number of methoxy groups -OCH3 is 1. The molecule has 0 spiro atoms. The summed E-state index contributed by atoms with van der Waals surface area (Å²) in [6, 6.07) is 7.74. The molecule has 4 heteroatoms. The van der Waals surface area contributed by atoms with Crippen molar-refractivity contribution < 1.29 is 4.74 Å². The first-order valence-electron chi connectivity index (χ1n) is 5.27. The van der Waals surface area contributed by atoms with Gasteiger partial charge in [-0.2, -0.15) is 5.26 Å². The molecule has 2 N–H and O–H groups in total. The summed E-state index contributed by atoms with van der Waals surface area (Å²) in [4.78, 5) is 2.10. The largest absolute Gasteiger partial charge is 0.497 e. The Balaban J connectivity index is 2.91. The fourth-order valence-electron chi connectivity index (χ4n) is 1.56. The topological polar surface area (TPSA) is 62.3 Å². The van der Waals surface area contributed by atoms with Crippen molar-refractivity contribution in [3.63, 3.8) is 0 Å². The predicted octanol–water partition coefficient (Wildman–Crippen LogP) is 2.02. The molecule has 1 aromatic carbocycles. The molecule has 0 bridgehead atoms. The highest BCUT2D eigenvalue weighted by Crippen LogP contribution is 2.25. The van der Waals surface area contributed by atoms with E-state index < -0.39 is 0 Å². The van der Waals surface area contributed by atoms with E-state index in [0.717, 1.165) is 18.0 Å². The van der Waals surface area contributed by atoms with Crippen LogP contribution in [0.1, 0.15) is 13.3 Å². The monoisotopic (exact) mass is 219 g/mol. The van der Waals surface area contributed by atoms with Crippen molar-refractivity contribution in [2.45, 2.75) is 13.3 Å². The molecule has 0 fully saturated rings. The number of benzene rings is 1. The van der Waals surface area contributed by atoms with E-state index in [1.807, 2.05) is 19.1 Å². The van der Waals surface area contributed by atoms with E-state index in [2.05, 4.69) is 11.0 Å². The van der Waals surface area contributed by atoms with Crippen LogP contribution in [0.3, 0.4) is 0 Å². The van der Waals surface area contributed by atoms with E-state index in [1.54, 1.807) is 13.2 Å². The molecule has 0 aromatic heterocycles. The van der Waals surface area contributed by atoms with Gasteiger partial charge in [-0.1, -0.05) is 0 Å². The van der Waals surface area contributed by atoms with Gasteiger partial charge < -0.3 is 15.4 Å². The summed E-state index contributed by atoms with van der Waals surface area (Å²) in [6.45, 7) is 3.60. The third kappa shape index (κ3) is 3.06. The SMILES string of the molecule is CCN(CCC#N)c1cc(N)cc(OC)c1. The van der Waals surface area contributed by atoms with Gasteiger partial charge in [0.1, 0.15) is 5.75 Å². The molecule has 0 atom stereocenters. The van der Waals surface area contributed by atoms with E-state index in [4.69, 9.17) is 15.7 Å². The minimum Gasteiger partial charge on any atom is -0.497 e. The average molecular weight is 219 g/mol. The van der Waals surface area contributed by atoms with Crippen LogP contribution in [0.4, 0.5) is 11.4 Å². The minimum atomic E-state index is 0.505. The summed E-state index contributed by atoms with van der Waals surface area (Å²) < 4.78 is 5.16. The van der Waals surface area contributed by atoms with Gasteiger partial charge in [0.05, 0.1) is 19.6 Å². The zero-order valence-electron chi connectivity index (χ0n) is 9.73. The van der Waals surface area contributed by atoms with E-state index in [1.165, 1.54) is 0 Å². The van der Waals surface area contributed by atoms with E-state index in [9.17, 15) is 0 Å². The van der Waals surface area contributed by atoms with Crippen molar-refractivity contribution in [2.75, 3.05) is 30.8 Å². The quantitative estimate of drug-likeness (QED) is 0.769. The zero-order valence-corrected chi connectivity index (χ0v) is 9.73. The van der Waals surface area contributed by atoms with Crippen LogP contribution in [0.5, 0.6) is 5.75 Å². The van der Waals surface area contributed by atoms with Gasteiger partial charge in [0.25, 0.3) is 0 Å². The summed E-state index contributed by atoms with van der Waals surface area (Å²) >= 11 is 0. The molecule has 0 unspecified atom stereocenters. The smallest absolute Gasteiger partial charge is 0.122 e. The Labute approximate surface area is 96.2 Å². The first kappa shape index (κ1) is 12.2. The molecule has 0 aliphatic rings. The minimum absolute atomic E-state index is 0.505. The van der Waals surface area contributed by atoms with Gasteiger partial charge in [0.15, 0.2) is 0 Å². The summed E-state index contributed by atoms with van der Waals surface area (Å²) in [6.07, 6.45) is 0.505. The molecule has 0 aliphatic carbocycles. The maximum atomic E-state index is 8.59. The summed E-state index contributed by atoms with van der Waals surface area (Å²) in [5.41, 5.74) is 7.45. The summed E-state index contributed by atoms with van der Waals surface area (Å²) in [7, 11) is 1.62. The van der Waals surface area contributed by atoms with Crippen LogP contribution in [-0.4, -0.2) is 20.2 Å². The molecule has 0 aliphatic heterocycles. The Morgan fingerprint density at radius 1 is 1.44 bits per heavy atom. The molecule has 0 heterocycles. The molecule has 1 aromatic rings. The lowest BCUT2D eigenvalue weighted by molar-refractivity contribution is 0.415. The Morgan fingerprint density at radius 3 is 2.75 bits per heavy atom. The van der Waals surface area contributed by atoms with Crippen LogP contribution in [0.2, 0.25) is 0 Å². The van der Waals surface area contributed by atoms with E-state index in [0.29, 0.717) is 18.7 Å².